The molecule has 0 aliphatic carbocycles. The lowest BCUT2D eigenvalue weighted by molar-refractivity contribution is -0.132. The summed E-state index contributed by atoms with van der Waals surface area (Å²) in [6, 6.07) is 22.4. The van der Waals surface area contributed by atoms with Crippen LogP contribution in [0.5, 0.6) is 0 Å². The molecule has 39 heavy (non-hydrogen) atoms. The molecule has 4 rings (SSSR count). The molecule has 204 valence electrons. The highest BCUT2D eigenvalue weighted by Crippen LogP contribution is 2.23. The van der Waals surface area contributed by atoms with Crippen LogP contribution in [0.25, 0.3) is 10.9 Å². The van der Waals surface area contributed by atoms with Crippen molar-refractivity contribution in [1.82, 2.24) is 14.8 Å². The SMILES string of the molecule is CCCN(CC(=O)N(CCc1c[nH]c2ccccc12)Cc1ccc(C(C)(C)C)cc1)C(=O)c1ccccc1F. The third-order valence-electron chi connectivity index (χ3n) is 7.08. The van der Waals surface area contributed by atoms with Crippen molar-refractivity contribution >= 4 is 22.7 Å². The van der Waals surface area contributed by atoms with Gasteiger partial charge in [0.25, 0.3) is 5.91 Å². The zero-order valence-electron chi connectivity index (χ0n) is 23.3. The van der Waals surface area contributed by atoms with Crippen molar-refractivity contribution in [2.45, 2.75) is 52.5 Å². The Kier molecular flexibility index (Phi) is 8.85. The zero-order chi connectivity index (χ0) is 28.0. The van der Waals surface area contributed by atoms with Crippen molar-refractivity contribution < 1.29 is 14.0 Å². The highest BCUT2D eigenvalue weighted by Gasteiger charge is 2.24. The number of H-pyrrole nitrogens is 1. The standard InChI is InChI=1S/C33H38FN3O2/c1-5-19-37(32(39)28-11-6-8-12-29(28)34)23-31(38)36(22-24-14-16-26(17-15-24)33(2,3)4)20-18-25-21-35-30-13-9-7-10-27(25)30/h6-17,21,35H,5,18-20,22-23H2,1-4H3. The lowest BCUT2D eigenvalue weighted by Gasteiger charge is -2.28. The van der Waals surface area contributed by atoms with E-state index in [-0.39, 0.29) is 23.4 Å². The largest absolute Gasteiger partial charge is 0.361 e. The number of benzene rings is 3. The Morgan fingerprint density at radius 2 is 1.56 bits per heavy atom. The lowest BCUT2D eigenvalue weighted by Crippen LogP contribution is -2.44. The quantitative estimate of drug-likeness (QED) is 0.249. The van der Waals surface area contributed by atoms with E-state index >= 15 is 0 Å². The van der Waals surface area contributed by atoms with E-state index in [1.54, 1.807) is 12.1 Å². The maximum absolute atomic E-state index is 14.4. The van der Waals surface area contributed by atoms with Crippen molar-refractivity contribution in [1.29, 1.82) is 0 Å². The molecule has 0 saturated carbocycles. The molecule has 0 bridgehead atoms. The molecule has 1 heterocycles. The summed E-state index contributed by atoms with van der Waals surface area (Å²) in [7, 11) is 0. The molecule has 0 radical (unpaired) electrons. The molecule has 6 heteroatoms. The van der Waals surface area contributed by atoms with Crippen LogP contribution in [0.4, 0.5) is 4.39 Å². The Morgan fingerprint density at radius 3 is 2.26 bits per heavy atom. The first kappa shape index (κ1) is 28.1. The Morgan fingerprint density at radius 1 is 0.872 bits per heavy atom. The normalized spacial score (nSPS) is 11.5. The van der Waals surface area contributed by atoms with Gasteiger partial charge in [0, 0.05) is 36.7 Å². The van der Waals surface area contributed by atoms with Gasteiger partial charge in [-0.1, -0.05) is 82.3 Å². The summed E-state index contributed by atoms with van der Waals surface area (Å²) in [6.45, 7) is 9.66. The molecular formula is C33H38FN3O2. The summed E-state index contributed by atoms with van der Waals surface area (Å²) in [5, 5.41) is 1.14. The summed E-state index contributed by atoms with van der Waals surface area (Å²) in [6.07, 6.45) is 3.33. The summed E-state index contributed by atoms with van der Waals surface area (Å²) in [4.78, 5) is 33.5. The maximum Gasteiger partial charge on any atom is 0.257 e. The first-order valence-corrected chi connectivity index (χ1v) is 13.6. The van der Waals surface area contributed by atoms with E-state index in [1.807, 2.05) is 36.2 Å². The van der Waals surface area contributed by atoms with Gasteiger partial charge in [-0.05, 0) is 53.1 Å². The van der Waals surface area contributed by atoms with Crippen LogP contribution in [-0.4, -0.2) is 46.2 Å². The highest BCUT2D eigenvalue weighted by molar-refractivity contribution is 5.96. The second-order valence-electron chi connectivity index (χ2n) is 11.1. The Bertz CT molecular complexity index is 1420. The monoisotopic (exact) mass is 527 g/mol. The first-order valence-electron chi connectivity index (χ1n) is 13.6. The van der Waals surface area contributed by atoms with Gasteiger partial charge in [-0.15, -0.1) is 0 Å². The van der Waals surface area contributed by atoms with E-state index in [1.165, 1.54) is 22.6 Å². The molecular weight excluding hydrogens is 489 g/mol. The van der Waals surface area contributed by atoms with Gasteiger partial charge in [-0.25, -0.2) is 4.39 Å². The average Bonchev–Trinajstić information content (AvgIpc) is 3.33. The smallest absolute Gasteiger partial charge is 0.257 e. The van der Waals surface area contributed by atoms with Crippen molar-refractivity contribution in [3.8, 4) is 0 Å². The fraction of sp³-hybridized carbons (Fsp3) is 0.333. The van der Waals surface area contributed by atoms with Gasteiger partial charge in [0.15, 0.2) is 0 Å². The molecule has 5 nitrogen and oxygen atoms in total. The third-order valence-corrected chi connectivity index (χ3v) is 7.08. The number of rotatable bonds is 10. The molecule has 2 amide bonds. The summed E-state index contributed by atoms with van der Waals surface area (Å²) >= 11 is 0. The van der Waals surface area contributed by atoms with Crippen LogP contribution < -0.4 is 0 Å². The molecule has 0 aliphatic heterocycles. The number of halogens is 1. The van der Waals surface area contributed by atoms with E-state index < -0.39 is 11.7 Å². The fourth-order valence-corrected chi connectivity index (χ4v) is 4.81. The van der Waals surface area contributed by atoms with Gasteiger partial charge in [-0.3, -0.25) is 9.59 Å². The maximum atomic E-state index is 14.4. The molecule has 3 aromatic carbocycles. The molecule has 0 aliphatic rings. The van der Waals surface area contributed by atoms with E-state index in [4.69, 9.17) is 0 Å². The van der Waals surface area contributed by atoms with Crippen molar-refractivity contribution in [3.05, 3.63) is 107 Å². The molecule has 0 unspecified atom stereocenters. The van der Waals surface area contributed by atoms with E-state index in [2.05, 4.69) is 56.1 Å². The summed E-state index contributed by atoms with van der Waals surface area (Å²) in [5.41, 5.74) is 4.48. The number of carbonyl (C=O) groups excluding carboxylic acids is 2. The number of hydrogen-bond donors (Lipinski definition) is 1. The van der Waals surface area contributed by atoms with Crippen LogP contribution >= 0.6 is 0 Å². The van der Waals surface area contributed by atoms with Crippen molar-refractivity contribution in [2.75, 3.05) is 19.6 Å². The Labute approximate surface area is 230 Å². The minimum Gasteiger partial charge on any atom is -0.361 e. The second kappa shape index (κ2) is 12.3. The molecule has 0 spiro atoms. The first-order chi connectivity index (χ1) is 18.7. The lowest BCUT2D eigenvalue weighted by atomic mass is 9.87. The third kappa shape index (κ3) is 6.94. The molecule has 0 atom stereocenters. The van der Waals surface area contributed by atoms with Crippen LogP contribution in [0.3, 0.4) is 0 Å². The average molecular weight is 528 g/mol. The minimum absolute atomic E-state index is 0.0122. The van der Waals surface area contributed by atoms with Gasteiger partial charge in [-0.2, -0.15) is 0 Å². The summed E-state index contributed by atoms with van der Waals surface area (Å²) < 4.78 is 14.4. The fourth-order valence-electron chi connectivity index (χ4n) is 4.81. The highest BCUT2D eigenvalue weighted by atomic mass is 19.1. The zero-order valence-corrected chi connectivity index (χ0v) is 23.3. The molecule has 0 fully saturated rings. The molecule has 4 aromatic rings. The van der Waals surface area contributed by atoms with E-state index in [0.29, 0.717) is 32.5 Å². The molecule has 1 N–H and O–H groups in total. The van der Waals surface area contributed by atoms with Gasteiger partial charge < -0.3 is 14.8 Å². The number of hydrogen-bond acceptors (Lipinski definition) is 2. The van der Waals surface area contributed by atoms with Crippen molar-refractivity contribution in [3.63, 3.8) is 0 Å². The second-order valence-corrected chi connectivity index (χ2v) is 11.1. The van der Waals surface area contributed by atoms with Gasteiger partial charge in [0.05, 0.1) is 5.56 Å². The van der Waals surface area contributed by atoms with Crippen molar-refractivity contribution in [2.24, 2.45) is 0 Å². The van der Waals surface area contributed by atoms with Crippen LogP contribution in [0.1, 0.15) is 61.2 Å². The predicted molar refractivity (Wildman–Crippen MR) is 155 cm³/mol. The van der Waals surface area contributed by atoms with E-state index in [0.717, 1.165) is 22.0 Å². The number of carbonyl (C=O) groups is 2. The Hall–Kier alpha value is -3.93. The predicted octanol–water partition coefficient (Wildman–Crippen LogP) is 6.73. The topological polar surface area (TPSA) is 56.4 Å². The van der Waals surface area contributed by atoms with Gasteiger partial charge in [0.1, 0.15) is 12.4 Å². The van der Waals surface area contributed by atoms with Gasteiger partial charge >= 0.3 is 0 Å². The minimum atomic E-state index is -0.578. The van der Waals surface area contributed by atoms with Crippen LogP contribution in [0, 0.1) is 5.82 Å². The number of nitrogens with zero attached hydrogens (tertiary/aromatic N) is 2. The number of fused-ring (bicyclic) bond motifs is 1. The van der Waals surface area contributed by atoms with Crippen LogP contribution in [-0.2, 0) is 23.2 Å². The summed E-state index contributed by atoms with van der Waals surface area (Å²) in [5.74, 6) is -1.20. The van der Waals surface area contributed by atoms with Crippen LogP contribution in [0.15, 0.2) is 79.0 Å². The number of para-hydroxylation sites is 1. The van der Waals surface area contributed by atoms with Gasteiger partial charge in [0.2, 0.25) is 5.91 Å². The number of aromatic amines is 1. The Balaban J connectivity index is 1.56. The van der Waals surface area contributed by atoms with E-state index in [9.17, 15) is 14.0 Å². The number of amides is 2. The van der Waals surface area contributed by atoms with Crippen LogP contribution in [0.2, 0.25) is 0 Å². The molecule has 0 saturated heterocycles. The molecule has 1 aromatic heterocycles. The number of nitrogens with one attached hydrogen (secondary N) is 1. The number of aromatic nitrogens is 1.